The molecule has 1 aromatic heterocycles. The minimum absolute atomic E-state index is 0.110. The predicted octanol–water partition coefficient (Wildman–Crippen LogP) is 3.66. The van der Waals surface area contributed by atoms with Crippen molar-refractivity contribution in [2.24, 2.45) is 0 Å². The smallest absolute Gasteiger partial charge is 0.0992 e. The summed E-state index contributed by atoms with van der Waals surface area (Å²) < 4.78 is 1.24. The third kappa shape index (κ3) is 2.29. The van der Waals surface area contributed by atoms with Crippen molar-refractivity contribution in [2.75, 3.05) is 0 Å². The van der Waals surface area contributed by atoms with E-state index in [0.717, 1.165) is 24.8 Å². The van der Waals surface area contributed by atoms with Gasteiger partial charge in [-0.15, -0.1) is 11.3 Å². The fourth-order valence-corrected chi connectivity index (χ4v) is 3.11. The van der Waals surface area contributed by atoms with E-state index >= 15 is 0 Å². The van der Waals surface area contributed by atoms with Crippen LogP contribution in [0.3, 0.4) is 0 Å². The first-order valence-electron chi connectivity index (χ1n) is 6.48. The fraction of sp³-hybridized carbons (Fsp3) is 0.533. The lowest BCUT2D eigenvalue weighted by Gasteiger charge is -2.13. The second-order valence-electron chi connectivity index (χ2n) is 6.47. The zero-order chi connectivity index (χ0) is 13.0. The number of fused-ring (bicyclic) bond motifs is 1. The van der Waals surface area contributed by atoms with E-state index in [1.165, 1.54) is 15.3 Å². The summed E-state index contributed by atoms with van der Waals surface area (Å²) in [6.45, 7) is 6.58. The van der Waals surface area contributed by atoms with E-state index in [1.807, 2.05) is 0 Å². The van der Waals surface area contributed by atoms with Crippen molar-refractivity contribution in [3.05, 3.63) is 28.8 Å². The molecule has 0 aliphatic heterocycles. The molecule has 0 atom stereocenters. The molecule has 3 heteroatoms. The van der Waals surface area contributed by atoms with Crippen LogP contribution in [0, 0.1) is 0 Å². The SMILES string of the molecule is CC(C)(C)c1nc2cc(CC3(O)CC3)ccc2s1. The van der Waals surface area contributed by atoms with Crippen molar-refractivity contribution < 1.29 is 5.11 Å². The molecule has 0 bridgehead atoms. The number of aliphatic hydroxyl groups is 1. The first-order valence-corrected chi connectivity index (χ1v) is 7.30. The summed E-state index contributed by atoms with van der Waals surface area (Å²) in [5.41, 5.74) is 1.97. The summed E-state index contributed by atoms with van der Waals surface area (Å²) in [6, 6.07) is 6.41. The predicted molar refractivity (Wildman–Crippen MR) is 76.2 cm³/mol. The van der Waals surface area contributed by atoms with Crippen molar-refractivity contribution in [3.63, 3.8) is 0 Å². The van der Waals surface area contributed by atoms with Crippen LogP contribution in [0.25, 0.3) is 10.2 Å². The average molecular weight is 261 g/mol. The quantitative estimate of drug-likeness (QED) is 0.895. The van der Waals surface area contributed by atoms with Crippen molar-refractivity contribution in [1.82, 2.24) is 4.98 Å². The van der Waals surface area contributed by atoms with E-state index < -0.39 is 5.60 Å². The van der Waals surface area contributed by atoms with Crippen LogP contribution in [0.2, 0.25) is 0 Å². The first-order chi connectivity index (χ1) is 8.36. The Morgan fingerprint density at radius 1 is 1.33 bits per heavy atom. The topological polar surface area (TPSA) is 33.1 Å². The highest BCUT2D eigenvalue weighted by Crippen LogP contribution is 2.39. The summed E-state index contributed by atoms with van der Waals surface area (Å²) >= 11 is 1.77. The van der Waals surface area contributed by atoms with E-state index in [0.29, 0.717) is 0 Å². The van der Waals surface area contributed by atoms with Gasteiger partial charge in [-0.05, 0) is 30.5 Å². The summed E-state index contributed by atoms with van der Waals surface area (Å²) in [6.07, 6.45) is 2.65. The van der Waals surface area contributed by atoms with Crippen LogP contribution >= 0.6 is 11.3 Å². The van der Waals surface area contributed by atoms with E-state index in [2.05, 4.69) is 39.0 Å². The summed E-state index contributed by atoms with van der Waals surface area (Å²) in [5.74, 6) is 0. The van der Waals surface area contributed by atoms with E-state index in [-0.39, 0.29) is 5.41 Å². The highest BCUT2D eigenvalue weighted by molar-refractivity contribution is 7.18. The Kier molecular flexibility index (Phi) is 2.55. The molecule has 0 spiro atoms. The standard InChI is InChI=1S/C15H19NOS/c1-14(2,3)13-16-11-8-10(4-5-12(11)18-13)9-15(17)6-7-15/h4-5,8,17H,6-7,9H2,1-3H3. The first kappa shape index (κ1) is 12.1. The second kappa shape index (κ2) is 3.78. The van der Waals surface area contributed by atoms with E-state index in [9.17, 15) is 5.11 Å². The van der Waals surface area contributed by atoms with Crippen LogP contribution in [-0.4, -0.2) is 15.7 Å². The minimum atomic E-state index is -0.420. The molecule has 96 valence electrons. The Labute approximate surface area is 112 Å². The van der Waals surface area contributed by atoms with Crippen molar-refractivity contribution in [2.45, 2.75) is 51.0 Å². The molecule has 0 saturated heterocycles. The van der Waals surface area contributed by atoms with Gasteiger partial charge in [0.15, 0.2) is 0 Å². The lowest BCUT2D eigenvalue weighted by Crippen LogP contribution is -2.10. The van der Waals surface area contributed by atoms with Gasteiger partial charge in [0.05, 0.1) is 20.8 Å². The maximum Gasteiger partial charge on any atom is 0.0992 e. The van der Waals surface area contributed by atoms with Crippen molar-refractivity contribution in [3.8, 4) is 0 Å². The van der Waals surface area contributed by atoms with Gasteiger partial charge >= 0.3 is 0 Å². The van der Waals surface area contributed by atoms with E-state index in [4.69, 9.17) is 4.98 Å². The summed E-state index contributed by atoms with van der Waals surface area (Å²) in [4.78, 5) is 4.73. The molecule has 1 fully saturated rings. The van der Waals surface area contributed by atoms with Crippen LogP contribution in [0.4, 0.5) is 0 Å². The molecular weight excluding hydrogens is 242 g/mol. The number of benzene rings is 1. The molecule has 1 N–H and O–H groups in total. The van der Waals surface area contributed by atoms with Gasteiger partial charge in [-0.3, -0.25) is 0 Å². The van der Waals surface area contributed by atoms with Crippen molar-refractivity contribution >= 4 is 21.6 Å². The van der Waals surface area contributed by atoms with Crippen LogP contribution in [-0.2, 0) is 11.8 Å². The maximum absolute atomic E-state index is 9.97. The third-order valence-corrected chi connectivity index (χ3v) is 4.92. The molecule has 1 aromatic carbocycles. The normalized spacial score (nSPS) is 18.2. The van der Waals surface area contributed by atoms with Crippen LogP contribution in [0.1, 0.15) is 44.2 Å². The fourth-order valence-electron chi connectivity index (χ4n) is 2.10. The van der Waals surface area contributed by atoms with Crippen molar-refractivity contribution in [1.29, 1.82) is 0 Å². The van der Waals surface area contributed by atoms with Gasteiger partial charge < -0.3 is 5.11 Å². The molecule has 2 aromatic rings. The minimum Gasteiger partial charge on any atom is -0.390 e. The van der Waals surface area contributed by atoms with Gasteiger partial charge in [0.2, 0.25) is 0 Å². The van der Waals surface area contributed by atoms with Gasteiger partial charge in [0.1, 0.15) is 0 Å². The number of hydrogen-bond donors (Lipinski definition) is 1. The Balaban J connectivity index is 1.96. The molecule has 1 aliphatic carbocycles. The third-order valence-electron chi connectivity index (χ3n) is 3.45. The molecular formula is C15H19NOS. The monoisotopic (exact) mass is 261 g/mol. The lowest BCUT2D eigenvalue weighted by molar-refractivity contribution is 0.151. The van der Waals surface area contributed by atoms with Gasteiger partial charge in [0.25, 0.3) is 0 Å². The Hall–Kier alpha value is -0.930. The highest BCUT2D eigenvalue weighted by Gasteiger charge is 2.40. The summed E-state index contributed by atoms with van der Waals surface area (Å²) in [5, 5.41) is 11.2. The van der Waals surface area contributed by atoms with Crippen LogP contribution < -0.4 is 0 Å². The van der Waals surface area contributed by atoms with Gasteiger partial charge in [-0.2, -0.15) is 0 Å². The number of hydrogen-bond acceptors (Lipinski definition) is 3. The molecule has 1 aliphatic rings. The zero-order valence-electron chi connectivity index (χ0n) is 11.2. The number of thiazole rings is 1. The lowest BCUT2D eigenvalue weighted by atomic mass is 9.98. The van der Waals surface area contributed by atoms with Crippen LogP contribution in [0.5, 0.6) is 0 Å². The Morgan fingerprint density at radius 3 is 2.67 bits per heavy atom. The molecule has 1 heterocycles. The molecule has 0 radical (unpaired) electrons. The molecule has 18 heavy (non-hydrogen) atoms. The molecule has 0 unspecified atom stereocenters. The Morgan fingerprint density at radius 2 is 2.06 bits per heavy atom. The Bertz CT molecular complexity index is 590. The zero-order valence-corrected chi connectivity index (χ0v) is 12.0. The molecule has 2 nitrogen and oxygen atoms in total. The van der Waals surface area contributed by atoms with Gasteiger partial charge in [-0.1, -0.05) is 26.8 Å². The molecule has 1 saturated carbocycles. The van der Waals surface area contributed by atoms with Gasteiger partial charge in [-0.25, -0.2) is 4.98 Å². The molecule has 0 amide bonds. The molecule has 3 rings (SSSR count). The summed E-state index contributed by atoms with van der Waals surface area (Å²) in [7, 11) is 0. The largest absolute Gasteiger partial charge is 0.390 e. The van der Waals surface area contributed by atoms with E-state index in [1.54, 1.807) is 11.3 Å². The average Bonchev–Trinajstić information content (AvgIpc) is 2.83. The number of nitrogens with zero attached hydrogens (tertiary/aromatic N) is 1. The van der Waals surface area contributed by atoms with Gasteiger partial charge in [0, 0.05) is 11.8 Å². The highest BCUT2D eigenvalue weighted by atomic mass is 32.1. The number of aromatic nitrogens is 1. The number of rotatable bonds is 2. The second-order valence-corrected chi connectivity index (χ2v) is 7.50. The van der Waals surface area contributed by atoms with Crippen LogP contribution in [0.15, 0.2) is 18.2 Å². The maximum atomic E-state index is 9.97.